The highest BCUT2D eigenvalue weighted by Gasteiger charge is 2.17. The zero-order chi connectivity index (χ0) is 13.7. The zero-order valence-corrected chi connectivity index (χ0v) is 11.9. The van der Waals surface area contributed by atoms with E-state index in [4.69, 9.17) is 0 Å². The number of sulfone groups is 1. The summed E-state index contributed by atoms with van der Waals surface area (Å²) < 4.78 is 24.9. The van der Waals surface area contributed by atoms with Gasteiger partial charge in [0, 0.05) is 0 Å². The molecule has 0 N–H and O–H groups in total. The van der Waals surface area contributed by atoms with E-state index < -0.39 is 9.84 Å². The van der Waals surface area contributed by atoms with Crippen LogP contribution in [0.5, 0.6) is 0 Å². The van der Waals surface area contributed by atoms with E-state index in [1.807, 2.05) is 18.2 Å². The molecule has 0 spiro atoms. The molecule has 0 amide bonds. The summed E-state index contributed by atoms with van der Waals surface area (Å²) in [5.74, 6) is 0. The number of benzene rings is 2. The van der Waals surface area contributed by atoms with Crippen LogP contribution in [0.15, 0.2) is 64.4 Å². The van der Waals surface area contributed by atoms with Gasteiger partial charge in [0.1, 0.15) is 0 Å². The van der Waals surface area contributed by atoms with Crippen LogP contribution < -0.4 is 0 Å². The first-order valence-corrected chi connectivity index (χ1v) is 8.02. The van der Waals surface area contributed by atoms with Crippen LogP contribution >= 0.6 is 0 Å². The summed E-state index contributed by atoms with van der Waals surface area (Å²) >= 11 is 0. The van der Waals surface area contributed by atoms with Crippen molar-refractivity contribution in [2.45, 2.75) is 36.0 Å². The van der Waals surface area contributed by atoms with Gasteiger partial charge in [0.2, 0.25) is 9.84 Å². The Morgan fingerprint density at radius 1 is 0.895 bits per heavy atom. The molecule has 100 valence electrons. The van der Waals surface area contributed by atoms with E-state index in [0.717, 1.165) is 24.8 Å². The molecule has 2 nitrogen and oxygen atoms in total. The SMILES string of the molecule is CCCCc1cccc(S(=O)(=O)c2ccccc2)c1. The Kier molecular flexibility index (Phi) is 4.38. The van der Waals surface area contributed by atoms with Crippen LogP contribution in [0.2, 0.25) is 0 Å². The third-order valence-corrected chi connectivity index (χ3v) is 4.85. The molecule has 3 heteroatoms. The lowest BCUT2D eigenvalue weighted by Crippen LogP contribution is -2.02. The van der Waals surface area contributed by atoms with Gasteiger partial charge in [0.05, 0.1) is 9.79 Å². The van der Waals surface area contributed by atoms with Gasteiger partial charge in [-0.15, -0.1) is 0 Å². The highest BCUT2D eigenvalue weighted by Crippen LogP contribution is 2.21. The average Bonchev–Trinajstić information content (AvgIpc) is 2.46. The van der Waals surface area contributed by atoms with E-state index in [2.05, 4.69) is 6.92 Å². The topological polar surface area (TPSA) is 34.1 Å². The lowest BCUT2D eigenvalue weighted by molar-refractivity contribution is 0.596. The molecule has 0 bridgehead atoms. The van der Waals surface area contributed by atoms with E-state index in [9.17, 15) is 8.42 Å². The Labute approximate surface area is 115 Å². The highest BCUT2D eigenvalue weighted by atomic mass is 32.2. The molecule has 0 radical (unpaired) electrons. The van der Waals surface area contributed by atoms with Gasteiger partial charge in [-0.3, -0.25) is 0 Å². The molecule has 0 unspecified atom stereocenters. The van der Waals surface area contributed by atoms with Crippen LogP contribution in [0.25, 0.3) is 0 Å². The predicted octanol–water partition coefficient (Wildman–Crippen LogP) is 3.86. The standard InChI is InChI=1S/C16H18O2S/c1-2-3-8-14-9-7-12-16(13-14)19(17,18)15-10-5-4-6-11-15/h4-7,9-13H,2-3,8H2,1H3. The van der Waals surface area contributed by atoms with Gasteiger partial charge in [-0.1, -0.05) is 43.7 Å². The number of rotatable bonds is 5. The van der Waals surface area contributed by atoms with Crippen LogP contribution in [0, 0.1) is 0 Å². The number of unbranched alkanes of at least 4 members (excludes halogenated alkanes) is 1. The first-order valence-electron chi connectivity index (χ1n) is 6.53. The van der Waals surface area contributed by atoms with Gasteiger partial charge in [0.25, 0.3) is 0 Å². The van der Waals surface area contributed by atoms with Crippen molar-refractivity contribution in [2.75, 3.05) is 0 Å². The van der Waals surface area contributed by atoms with Crippen LogP contribution in [0.1, 0.15) is 25.3 Å². The van der Waals surface area contributed by atoms with E-state index in [1.54, 1.807) is 36.4 Å². The van der Waals surface area contributed by atoms with Crippen LogP contribution in [-0.4, -0.2) is 8.42 Å². The Bertz CT molecular complexity index is 631. The molecule has 2 aromatic carbocycles. The largest absolute Gasteiger partial charge is 0.219 e. The zero-order valence-electron chi connectivity index (χ0n) is 11.0. The first kappa shape index (κ1) is 13.8. The van der Waals surface area contributed by atoms with Crippen molar-refractivity contribution in [2.24, 2.45) is 0 Å². The summed E-state index contributed by atoms with van der Waals surface area (Å²) in [6.45, 7) is 2.13. The second kappa shape index (κ2) is 6.02. The average molecular weight is 274 g/mol. The van der Waals surface area contributed by atoms with Gasteiger partial charge in [-0.2, -0.15) is 0 Å². The number of hydrogen-bond acceptors (Lipinski definition) is 2. The summed E-state index contributed by atoms with van der Waals surface area (Å²) in [5.41, 5.74) is 1.08. The molecule has 2 aromatic rings. The number of aryl methyl sites for hydroxylation is 1. The molecule has 0 atom stereocenters. The van der Waals surface area contributed by atoms with Gasteiger partial charge >= 0.3 is 0 Å². The maximum atomic E-state index is 12.5. The number of hydrogen-bond donors (Lipinski definition) is 0. The summed E-state index contributed by atoms with van der Waals surface area (Å²) in [6, 6.07) is 15.8. The van der Waals surface area contributed by atoms with Gasteiger partial charge < -0.3 is 0 Å². The van der Waals surface area contributed by atoms with Gasteiger partial charge in [0.15, 0.2) is 0 Å². The minimum absolute atomic E-state index is 0.350. The van der Waals surface area contributed by atoms with Crippen LogP contribution in [-0.2, 0) is 16.3 Å². The molecule has 0 saturated heterocycles. The van der Waals surface area contributed by atoms with Gasteiger partial charge in [-0.25, -0.2) is 8.42 Å². The minimum Gasteiger partial charge on any atom is -0.219 e. The van der Waals surface area contributed by atoms with Crippen LogP contribution in [0.3, 0.4) is 0 Å². The van der Waals surface area contributed by atoms with Crippen molar-refractivity contribution >= 4 is 9.84 Å². The van der Waals surface area contributed by atoms with E-state index >= 15 is 0 Å². The molecule has 0 aliphatic rings. The fourth-order valence-corrected chi connectivity index (χ4v) is 3.34. The van der Waals surface area contributed by atoms with Crippen LogP contribution in [0.4, 0.5) is 0 Å². The van der Waals surface area contributed by atoms with Crippen molar-refractivity contribution < 1.29 is 8.42 Å². The van der Waals surface area contributed by atoms with Gasteiger partial charge in [-0.05, 0) is 42.7 Å². The highest BCUT2D eigenvalue weighted by molar-refractivity contribution is 7.91. The Balaban J connectivity index is 2.36. The molecule has 0 fully saturated rings. The second-order valence-corrected chi connectivity index (χ2v) is 6.52. The minimum atomic E-state index is -3.39. The first-order chi connectivity index (χ1) is 9.14. The summed E-state index contributed by atoms with van der Waals surface area (Å²) in [4.78, 5) is 0.731. The second-order valence-electron chi connectivity index (χ2n) is 4.57. The van der Waals surface area contributed by atoms with E-state index in [0.29, 0.717) is 9.79 Å². The quantitative estimate of drug-likeness (QED) is 0.829. The molecule has 0 aliphatic heterocycles. The van der Waals surface area contributed by atoms with Crippen molar-refractivity contribution in [3.05, 3.63) is 60.2 Å². The van der Waals surface area contributed by atoms with E-state index in [-0.39, 0.29) is 0 Å². The normalized spacial score (nSPS) is 11.4. The monoisotopic (exact) mass is 274 g/mol. The molecular weight excluding hydrogens is 256 g/mol. The van der Waals surface area contributed by atoms with Crippen molar-refractivity contribution in [3.8, 4) is 0 Å². The van der Waals surface area contributed by atoms with Crippen molar-refractivity contribution in [3.63, 3.8) is 0 Å². The summed E-state index contributed by atoms with van der Waals surface area (Å²) in [6.07, 6.45) is 3.11. The lowest BCUT2D eigenvalue weighted by Gasteiger charge is -2.06. The smallest absolute Gasteiger partial charge is 0.206 e. The Hall–Kier alpha value is -1.61. The van der Waals surface area contributed by atoms with Crippen molar-refractivity contribution in [1.29, 1.82) is 0 Å². The maximum Gasteiger partial charge on any atom is 0.206 e. The molecular formula is C16H18O2S. The molecule has 0 saturated carbocycles. The summed E-state index contributed by atoms with van der Waals surface area (Å²) in [7, 11) is -3.39. The summed E-state index contributed by atoms with van der Waals surface area (Å²) in [5, 5.41) is 0. The molecule has 0 heterocycles. The van der Waals surface area contributed by atoms with E-state index in [1.165, 1.54) is 0 Å². The van der Waals surface area contributed by atoms with Crippen molar-refractivity contribution in [1.82, 2.24) is 0 Å². The predicted molar refractivity (Wildman–Crippen MR) is 76.9 cm³/mol. The third-order valence-electron chi connectivity index (χ3n) is 3.08. The Morgan fingerprint density at radius 3 is 2.26 bits per heavy atom. The molecule has 0 aromatic heterocycles. The molecule has 19 heavy (non-hydrogen) atoms. The molecule has 0 aliphatic carbocycles. The fraction of sp³-hybridized carbons (Fsp3) is 0.250. The molecule has 2 rings (SSSR count). The Morgan fingerprint density at radius 2 is 1.58 bits per heavy atom. The maximum absolute atomic E-state index is 12.5. The third kappa shape index (κ3) is 3.24. The lowest BCUT2D eigenvalue weighted by atomic mass is 10.1. The fourth-order valence-electron chi connectivity index (χ4n) is 1.98.